The van der Waals surface area contributed by atoms with Crippen LogP contribution in [0.4, 0.5) is 0 Å². The third-order valence-electron chi connectivity index (χ3n) is 5.82. The third kappa shape index (κ3) is 4.77. The number of hydrogen-bond acceptors (Lipinski definition) is 4. The second kappa shape index (κ2) is 10.0. The van der Waals surface area contributed by atoms with Crippen molar-refractivity contribution in [3.8, 4) is 16.9 Å². The molecular formula is C26H28N6OS. The van der Waals surface area contributed by atoms with E-state index in [9.17, 15) is 4.79 Å². The van der Waals surface area contributed by atoms with Gasteiger partial charge in [0.2, 0.25) is 0 Å². The molecule has 0 aliphatic heterocycles. The topological polar surface area (TPSA) is 68.0 Å². The standard InChI is InChI=1S/C26H28N6OS/c1-5-31-19(3)22(18(2)28-31)16-30(4)26(34)27-25(33)23-17-32(21-14-10-7-11-15-21)29-24(23)20-12-8-6-9-13-20/h6-15,17H,5,16H2,1-4H3,(H,27,33,34). The van der Waals surface area contributed by atoms with Crippen LogP contribution < -0.4 is 5.32 Å². The number of carbonyl (C=O) groups excluding carboxylic acids is 1. The van der Waals surface area contributed by atoms with Crippen LogP contribution in [0.3, 0.4) is 0 Å². The molecule has 8 heteroatoms. The van der Waals surface area contributed by atoms with Crippen molar-refractivity contribution < 1.29 is 4.79 Å². The predicted molar refractivity (Wildman–Crippen MR) is 138 cm³/mol. The zero-order valence-corrected chi connectivity index (χ0v) is 20.6. The summed E-state index contributed by atoms with van der Waals surface area (Å²) in [6.07, 6.45) is 1.75. The monoisotopic (exact) mass is 472 g/mol. The van der Waals surface area contributed by atoms with Crippen molar-refractivity contribution in [2.75, 3.05) is 7.05 Å². The quantitative estimate of drug-likeness (QED) is 0.418. The minimum absolute atomic E-state index is 0.296. The van der Waals surface area contributed by atoms with Crippen LogP contribution in [0.5, 0.6) is 0 Å². The second-order valence-corrected chi connectivity index (χ2v) is 8.50. The van der Waals surface area contributed by atoms with Crippen LogP contribution in [-0.4, -0.2) is 42.5 Å². The van der Waals surface area contributed by atoms with Crippen LogP contribution in [-0.2, 0) is 13.1 Å². The fourth-order valence-corrected chi connectivity index (χ4v) is 4.06. The molecule has 0 aliphatic rings. The average molecular weight is 473 g/mol. The van der Waals surface area contributed by atoms with Gasteiger partial charge < -0.3 is 4.90 Å². The van der Waals surface area contributed by atoms with E-state index in [-0.39, 0.29) is 5.91 Å². The lowest BCUT2D eigenvalue weighted by molar-refractivity contribution is 0.0974. The van der Waals surface area contributed by atoms with Crippen LogP contribution >= 0.6 is 12.2 Å². The SMILES string of the molecule is CCn1nc(C)c(CN(C)C(=S)NC(=O)c2cn(-c3ccccc3)nc2-c2ccccc2)c1C. The molecule has 0 saturated heterocycles. The van der Waals surface area contributed by atoms with Crippen LogP contribution in [0.1, 0.15) is 34.2 Å². The molecule has 0 bridgehead atoms. The van der Waals surface area contributed by atoms with Gasteiger partial charge in [0.15, 0.2) is 5.11 Å². The van der Waals surface area contributed by atoms with E-state index >= 15 is 0 Å². The van der Waals surface area contributed by atoms with Crippen molar-refractivity contribution in [1.82, 2.24) is 29.8 Å². The first-order valence-electron chi connectivity index (χ1n) is 11.2. The van der Waals surface area contributed by atoms with Crippen molar-refractivity contribution in [2.45, 2.75) is 33.9 Å². The zero-order valence-electron chi connectivity index (χ0n) is 19.8. The minimum atomic E-state index is -0.296. The lowest BCUT2D eigenvalue weighted by Crippen LogP contribution is -2.40. The van der Waals surface area contributed by atoms with Crippen LogP contribution in [0.25, 0.3) is 16.9 Å². The Balaban J connectivity index is 1.58. The largest absolute Gasteiger partial charge is 0.348 e. The van der Waals surface area contributed by atoms with Crippen LogP contribution in [0.15, 0.2) is 66.9 Å². The highest BCUT2D eigenvalue weighted by atomic mass is 32.1. The molecule has 0 aliphatic carbocycles. The highest BCUT2D eigenvalue weighted by Crippen LogP contribution is 2.24. The Bertz CT molecular complexity index is 1310. The maximum Gasteiger partial charge on any atom is 0.261 e. The van der Waals surface area contributed by atoms with Gasteiger partial charge in [-0.2, -0.15) is 10.2 Å². The first kappa shape index (κ1) is 23.4. The summed E-state index contributed by atoms with van der Waals surface area (Å²) >= 11 is 5.57. The van der Waals surface area contributed by atoms with Gasteiger partial charge in [-0.05, 0) is 45.1 Å². The van der Waals surface area contributed by atoms with Gasteiger partial charge in [0.1, 0.15) is 5.69 Å². The molecule has 7 nitrogen and oxygen atoms in total. The molecular weight excluding hydrogens is 444 g/mol. The van der Waals surface area contributed by atoms with E-state index in [1.807, 2.05) is 84.2 Å². The molecule has 0 unspecified atom stereocenters. The number of nitrogens with one attached hydrogen (secondary N) is 1. The number of aryl methyl sites for hydroxylation is 2. The van der Waals surface area contributed by atoms with Gasteiger partial charge in [0, 0.05) is 43.2 Å². The smallest absolute Gasteiger partial charge is 0.261 e. The molecule has 2 aromatic heterocycles. The van der Waals surface area contributed by atoms with Crippen molar-refractivity contribution in [3.63, 3.8) is 0 Å². The summed E-state index contributed by atoms with van der Waals surface area (Å²) in [6, 6.07) is 19.4. The number of amides is 1. The Labute approximate surface area is 205 Å². The number of benzene rings is 2. The third-order valence-corrected chi connectivity index (χ3v) is 6.23. The van der Waals surface area contributed by atoms with E-state index in [0.29, 0.717) is 22.9 Å². The number of hydrogen-bond donors (Lipinski definition) is 1. The number of aromatic nitrogens is 4. The summed E-state index contributed by atoms with van der Waals surface area (Å²) in [5.41, 5.74) is 5.98. The number of carbonyl (C=O) groups is 1. The molecule has 1 amide bonds. The van der Waals surface area contributed by atoms with E-state index in [0.717, 1.165) is 34.7 Å². The number of para-hydroxylation sites is 1. The Morgan fingerprint density at radius 3 is 2.29 bits per heavy atom. The first-order chi connectivity index (χ1) is 16.4. The molecule has 2 aromatic carbocycles. The fourth-order valence-electron chi connectivity index (χ4n) is 3.90. The summed E-state index contributed by atoms with van der Waals surface area (Å²) in [4.78, 5) is 15.2. The molecule has 0 fully saturated rings. The molecule has 174 valence electrons. The Morgan fingerprint density at radius 1 is 1.03 bits per heavy atom. The lowest BCUT2D eigenvalue weighted by Gasteiger charge is -2.20. The van der Waals surface area contributed by atoms with E-state index < -0.39 is 0 Å². The van der Waals surface area contributed by atoms with E-state index in [2.05, 4.69) is 24.3 Å². The zero-order chi connectivity index (χ0) is 24.2. The maximum atomic E-state index is 13.3. The molecule has 4 aromatic rings. The van der Waals surface area contributed by atoms with Gasteiger partial charge >= 0.3 is 0 Å². The van der Waals surface area contributed by atoms with Gasteiger partial charge in [0.25, 0.3) is 5.91 Å². The summed E-state index contributed by atoms with van der Waals surface area (Å²) in [7, 11) is 1.87. The lowest BCUT2D eigenvalue weighted by atomic mass is 10.1. The highest BCUT2D eigenvalue weighted by Gasteiger charge is 2.21. The number of thiocarbonyl (C=S) groups is 1. The molecule has 4 rings (SSSR count). The Hall–Kier alpha value is -3.78. The second-order valence-electron chi connectivity index (χ2n) is 8.12. The number of nitrogens with zero attached hydrogens (tertiary/aromatic N) is 5. The number of rotatable bonds is 6. The van der Waals surface area contributed by atoms with Crippen molar-refractivity contribution in [1.29, 1.82) is 0 Å². The summed E-state index contributed by atoms with van der Waals surface area (Å²) in [6.45, 7) is 7.49. The summed E-state index contributed by atoms with van der Waals surface area (Å²) in [5.74, 6) is -0.296. The van der Waals surface area contributed by atoms with Crippen LogP contribution in [0, 0.1) is 13.8 Å². The summed E-state index contributed by atoms with van der Waals surface area (Å²) in [5, 5.41) is 12.5. The predicted octanol–water partition coefficient (Wildman–Crippen LogP) is 4.52. The summed E-state index contributed by atoms with van der Waals surface area (Å²) < 4.78 is 3.69. The van der Waals surface area contributed by atoms with E-state index in [4.69, 9.17) is 17.3 Å². The van der Waals surface area contributed by atoms with Gasteiger partial charge in [-0.3, -0.25) is 14.8 Å². The van der Waals surface area contributed by atoms with Crippen LogP contribution in [0.2, 0.25) is 0 Å². The Morgan fingerprint density at radius 2 is 1.68 bits per heavy atom. The first-order valence-corrected chi connectivity index (χ1v) is 11.6. The molecule has 2 heterocycles. The van der Waals surface area contributed by atoms with Gasteiger partial charge in [-0.15, -0.1) is 0 Å². The Kier molecular flexibility index (Phi) is 6.88. The highest BCUT2D eigenvalue weighted by molar-refractivity contribution is 7.80. The molecule has 1 N–H and O–H groups in total. The van der Waals surface area contributed by atoms with Crippen molar-refractivity contribution >= 4 is 23.2 Å². The average Bonchev–Trinajstić information content (AvgIpc) is 3.42. The molecule has 0 atom stereocenters. The van der Waals surface area contributed by atoms with E-state index in [1.54, 1.807) is 10.9 Å². The van der Waals surface area contributed by atoms with Crippen molar-refractivity contribution in [2.24, 2.45) is 0 Å². The molecule has 34 heavy (non-hydrogen) atoms. The van der Waals surface area contributed by atoms with Crippen molar-refractivity contribution in [3.05, 3.63) is 89.4 Å². The normalized spacial score (nSPS) is 10.8. The minimum Gasteiger partial charge on any atom is -0.348 e. The van der Waals surface area contributed by atoms with Gasteiger partial charge in [-0.25, -0.2) is 4.68 Å². The molecule has 0 saturated carbocycles. The maximum absolute atomic E-state index is 13.3. The molecule has 0 spiro atoms. The van der Waals surface area contributed by atoms with Gasteiger partial charge in [0.05, 0.1) is 16.9 Å². The fraction of sp³-hybridized carbons (Fsp3) is 0.231. The molecule has 0 radical (unpaired) electrons. The van der Waals surface area contributed by atoms with E-state index in [1.165, 1.54) is 0 Å². The van der Waals surface area contributed by atoms with Gasteiger partial charge in [-0.1, -0.05) is 48.5 Å².